The van der Waals surface area contributed by atoms with Crippen molar-refractivity contribution in [3.8, 4) is 16.9 Å². The van der Waals surface area contributed by atoms with Gasteiger partial charge in [-0.3, -0.25) is 0 Å². The molecule has 0 saturated carbocycles. The summed E-state index contributed by atoms with van der Waals surface area (Å²) < 4.78 is 5.86. The van der Waals surface area contributed by atoms with Crippen molar-refractivity contribution in [2.45, 2.75) is 6.61 Å². The van der Waals surface area contributed by atoms with Gasteiger partial charge in [0.05, 0.1) is 0 Å². The van der Waals surface area contributed by atoms with Crippen LogP contribution in [0, 0.1) is 0 Å². The molecule has 1 aliphatic rings. The van der Waals surface area contributed by atoms with Gasteiger partial charge in [-0.25, -0.2) is 0 Å². The first kappa shape index (κ1) is 9.72. The Morgan fingerprint density at radius 2 is 1.61 bits per heavy atom. The highest BCUT2D eigenvalue weighted by Gasteiger charge is 2.18. The molecule has 0 radical (unpaired) electrons. The van der Waals surface area contributed by atoms with Crippen molar-refractivity contribution in [1.82, 2.24) is 0 Å². The highest BCUT2D eigenvalue weighted by molar-refractivity contribution is 6.00. The minimum Gasteiger partial charge on any atom is -0.488 e. The van der Waals surface area contributed by atoms with Crippen LogP contribution in [0.25, 0.3) is 21.9 Å². The predicted molar refractivity (Wildman–Crippen MR) is 73.7 cm³/mol. The first-order chi connectivity index (χ1) is 8.93. The second-order valence-electron chi connectivity index (χ2n) is 4.61. The largest absolute Gasteiger partial charge is 0.488 e. The van der Waals surface area contributed by atoms with Gasteiger partial charge in [-0.2, -0.15) is 0 Å². The number of benzene rings is 3. The molecule has 0 unspecified atom stereocenters. The maximum absolute atomic E-state index is 5.86. The Bertz CT molecular complexity index is 743. The molecule has 0 bridgehead atoms. The molecule has 1 aliphatic heterocycles. The Balaban J connectivity index is 2.15. The molecule has 0 amide bonds. The van der Waals surface area contributed by atoms with E-state index in [1.54, 1.807) is 0 Å². The van der Waals surface area contributed by atoms with Crippen molar-refractivity contribution >= 4 is 10.8 Å². The van der Waals surface area contributed by atoms with Crippen LogP contribution in [0.3, 0.4) is 0 Å². The van der Waals surface area contributed by atoms with E-state index in [4.69, 9.17) is 4.74 Å². The number of hydrogen-bond acceptors (Lipinski definition) is 1. The van der Waals surface area contributed by atoms with Crippen LogP contribution in [0.15, 0.2) is 60.7 Å². The molecule has 0 fully saturated rings. The smallest absolute Gasteiger partial charge is 0.128 e. The monoisotopic (exact) mass is 232 g/mol. The standard InChI is InChI=1S/C17H12O/c1-3-7-14-12(5-1)9-10-16-17(14)15-8-4-2-6-13(15)11-18-16/h1-10H,11H2. The Morgan fingerprint density at radius 1 is 0.778 bits per heavy atom. The first-order valence-electron chi connectivity index (χ1n) is 6.16. The maximum atomic E-state index is 5.86. The fourth-order valence-electron chi connectivity index (χ4n) is 2.70. The van der Waals surface area contributed by atoms with Gasteiger partial charge in [0.2, 0.25) is 0 Å². The second-order valence-corrected chi connectivity index (χ2v) is 4.61. The zero-order valence-corrected chi connectivity index (χ0v) is 9.89. The van der Waals surface area contributed by atoms with E-state index in [1.165, 1.54) is 27.5 Å². The maximum Gasteiger partial charge on any atom is 0.128 e. The molecule has 86 valence electrons. The average Bonchev–Trinajstić information content (AvgIpc) is 2.46. The summed E-state index contributed by atoms with van der Waals surface area (Å²) in [5.41, 5.74) is 3.80. The van der Waals surface area contributed by atoms with Crippen LogP contribution in [-0.2, 0) is 6.61 Å². The molecule has 0 atom stereocenters. The predicted octanol–water partition coefficient (Wildman–Crippen LogP) is 4.40. The van der Waals surface area contributed by atoms with Crippen molar-refractivity contribution in [3.05, 3.63) is 66.2 Å². The lowest BCUT2D eigenvalue weighted by molar-refractivity contribution is 0.303. The van der Waals surface area contributed by atoms with Crippen LogP contribution in [0.5, 0.6) is 5.75 Å². The molecule has 1 heterocycles. The molecule has 3 aromatic carbocycles. The fourth-order valence-corrected chi connectivity index (χ4v) is 2.70. The van der Waals surface area contributed by atoms with E-state index in [9.17, 15) is 0 Å². The van der Waals surface area contributed by atoms with Gasteiger partial charge in [-0.15, -0.1) is 0 Å². The summed E-state index contributed by atoms with van der Waals surface area (Å²) in [5, 5.41) is 2.53. The number of rotatable bonds is 0. The third kappa shape index (κ3) is 1.28. The van der Waals surface area contributed by atoms with Crippen molar-refractivity contribution in [3.63, 3.8) is 0 Å². The van der Waals surface area contributed by atoms with Gasteiger partial charge < -0.3 is 4.74 Å². The summed E-state index contributed by atoms with van der Waals surface area (Å²) in [6.45, 7) is 0.668. The topological polar surface area (TPSA) is 9.23 Å². The Morgan fingerprint density at radius 3 is 2.61 bits per heavy atom. The molecule has 18 heavy (non-hydrogen) atoms. The van der Waals surface area contributed by atoms with Gasteiger partial charge >= 0.3 is 0 Å². The van der Waals surface area contributed by atoms with E-state index in [0.29, 0.717) is 6.61 Å². The summed E-state index contributed by atoms with van der Waals surface area (Å²) in [5.74, 6) is 0.993. The summed E-state index contributed by atoms with van der Waals surface area (Å²) in [6.07, 6.45) is 0. The zero-order chi connectivity index (χ0) is 11.9. The van der Waals surface area contributed by atoms with E-state index >= 15 is 0 Å². The second kappa shape index (κ2) is 3.61. The number of fused-ring (bicyclic) bond motifs is 5. The third-order valence-electron chi connectivity index (χ3n) is 3.56. The lowest BCUT2D eigenvalue weighted by Crippen LogP contribution is -2.05. The van der Waals surface area contributed by atoms with E-state index in [1.807, 2.05) is 0 Å². The summed E-state index contributed by atoms with van der Waals surface area (Å²) in [4.78, 5) is 0. The van der Waals surface area contributed by atoms with Gasteiger partial charge in [0.15, 0.2) is 0 Å². The lowest BCUT2D eigenvalue weighted by Gasteiger charge is -2.22. The van der Waals surface area contributed by atoms with Crippen molar-refractivity contribution in [2.75, 3.05) is 0 Å². The van der Waals surface area contributed by atoms with Crippen LogP contribution in [0.4, 0.5) is 0 Å². The fraction of sp³-hybridized carbons (Fsp3) is 0.0588. The summed E-state index contributed by atoms with van der Waals surface area (Å²) in [7, 11) is 0. The van der Waals surface area contributed by atoms with E-state index < -0.39 is 0 Å². The molecule has 0 N–H and O–H groups in total. The highest BCUT2D eigenvalue weighted by Crippen LogP contribution is 2.42. The minimum atomic E-state index is 0.668. The molecular weight excluding hydrogens is 220 g/mol. The van der Waals surface area contributed by atoms with E-state index in [-0.39, 0.29) is 0 Å². The first-order valence-corrected chi connectivity index (χ1v) is 6.16. The molecule has 3 aromatic rings. The molecule has 0 aliphatic carbocycles. The number of hydrogen-bond donors (Lipinski definition) is 0. The quantitative estimate of drug-likeness (QED) is 0.558. The van der Waals surface area contributed by atoms with Crippen LogP contribution < -0.4 is 4.74 Å². The van der Waals surface area contributed by atoms with Crippen LogP contribution in [-0.4, -0.2) is 0 Å². The summed E-state index contributed by atoms with van der Waals surface area (Å²) >= 11 is 0. The molecular formula is C17H12O. The van der Waals surface area contributed by atoms with Gasteiger partial charge in [0.1, 0.15) is 12.4 Å². The van der Waals surface area contributed by atoms with Crippen LogP contribution in [0.2, 0.25) is 0 Å². The molecule has 1 nitrogen and oxygen atoms in total. The normalized spacial score (nSPS) is 12.7. The highest BCUT2D eigenvalue weighted by atomic mass is 16.5. The molecule has 1 heteroatoms. The lowest BCUT2D eigenvalue weighted by atomic mass is 9.92. The Kier molecular flexibility index (Phi) is 1.95. The van der Waals surface area contributed by atoms with Gasteiger partial charge in [0.25, 0.3) is 0 Å². The number of ether oxygens (including phenoxy) is 1. The van der Waals surface area contributed by atoms with Gasteiger partial charge in [-0.05, 0) is 28.0 Å². The van der Waals surface area contributed by atoms with Crippen LogP contribution >= 0.6 is 0 Å². The van der Waals surface area contributed by atoms with Gasteiger partial charge in [-0.1, -0.05) is 54.6 Å². The average molecular weight is 232 g/mol. The van der Waals surface area contributed by atoms with Crippen LogP contribution in [0.1, 0.15) is 5.56 Å². The SMILES string of the molecule is c1ccc2c(c1)COc1ccc3ccccc3c1-2. The molecule has 0 saturated heterocycles. The van der Waals surface area contributed by atoms with Crippen molar-refractivity contribution in [1.29, 1.82) is 0 Å². The van der Waals surface area contributed by atoms with Crippen molar-refractivity contribution < 1.29 is 4.74 Å². The Hall–Kier alpha value is -2.28. The minimum absolute atomic E-state index is 0.668. The third-order valence-corrected chi connectivity index (χ3v) is 3.56. The van der Waals surface area contributed by atoms with Crippen molar-refractivity contribution in [2.24, 2.45) is 0 Å². The summed E-state index contributed by atoms with van der Waals surface area (Å²) in [6, 6.07) is 21.2. The van der Waals surface area contributed by atoms with E-state index in [0.717, 1.165) is 5.75 Å². The van der Waals surface area contributed by atoms with E-state index in [2.05, 4.69) is 60.7 Å². The molecule has 0 aromatic heterocycles. The zero-order valence-electron chi connectivity index (χ0n) is 9.89. The molecule has 4 rings (SSSR count). The Labute approximate surface area is 106 Å². The molecule has 0 spiro atoms. The van der Waals surface area contributed by atoms with Gasteiger partial charge in [0, 0.05) is 5.56 Å².